The average molecular weight is 336 g/mol. The van der Waals surface area contributed by atoms with Crippen LogP contribution in [0.1, 0.15) is 44.9 Å². The van der Waals surface area contributed by atoms with Crippen LogP contribution in [-0.4, -0.2) is 16.2 Å². The molecule has 0 radical (unpaired) electrons. The Hall–Kier alpha value is -2.82. The molecular formula is C20H24N4O. The van der Waals surface area contributed by atoms with Crippen molar-refractivity contribution in [3.63, 3.8) is 0 Å². The summed E-state index contributed by atoms with van der Waals surface area (Å²) in [5.74, 6) is 0.511. The quantitative estimate of drug-likeness (QED) is 0.731. The van der Waals surface area contributed by atoms with Crippen LogP contribution in [0.2, 0.25) is 0 Å². The van der Waals surface area contributed by atoms with E-state index in [0.29, 0.717) is 5.82 Å². The minimum atomic E-state index is -0.306. The molecule has 0 saturated carbocycles. The fourth-order valence-electron chi connectivity index (χ4n) is 2.70. The molecule has 0 bridgehead atoms. The molecule has 0 unspecified atom stereocenters. The number of allylic oxidation sites excluding steroid dienone is 4. The number of hydrogen-bond donors (Lipinski definition) is 3. The lowest BCUT2D eigenvalue weighted by atomic mass is 9.92. The number of urea groups is 1. The maximum Gasteiger partial charge on any atom is 0.324 e. The maximum atomic E-state index is 12.4. The number of carbonyl (C=O) groups excluding carboxylic acids is 1. The second-order valence-corrected chi connectivity index (χ2v) is 7.18. The highest BCUT2D eigenvalue weighted by Crippen LogP contribution is 2.28. The van der Waals surface area contributed by atoms with Gasteiger partial charge in [0, 0.05) is 22.7 Å². The molecule has 5 nitrogen and oxygen atoms in total. The van der Waals surface area contributed by atoms with Crippen LogP contribution >= 0.6 is 0 Å². The molecule has 0 fully saturated rings. The van der Waals surface area contributed by atoms with Crippen molar-refractivity contribution in [1.29, 1.82) is 0 Å². The minimum absolute atomic E-state index is 0.0458. The molecule has 1 aliphatic carbocycles. The molecule has 0 atom stereocenters. The number of carbonyl (C=O) groups is 1. The van der Waals surface area contributed by atoms with Gasteiger partial charge in [-0.15, -0.1) is 0 Å². The van der Waals surface area contributed by atoms with Gasteiger partial charge in [0.25, 0.3) is 0 Å². The number of para-hydroxylation sites is 1. The van der Waals surface area contributed by atoms with E-state index in [1.807, 2.05) is 30.3 Å². The van der Waals surface area contributed by atoms with Crippen molar-refractivity contribution < 1.29 is 4.79 Å². The Morgan fingerprint density at radius 3 is 2.64 bits per heavy atom. The molecule has 1 heterocycles. The SMILES string of the molecule is CC(C)(C)c1cc(NC(=O)Nc2ccccc2C2=CCCC=C2)n[nH]1. The third-order valence-corrected chi connectivity index (χ3v) is 4.11. The first-order valence-corrected chi connectivity index (χ1v) is 8.53. The summed E-state index contributed by atoms with van der Waals surface area (Å²) in [5.41, 5.74) is 3.86. The van der Waals surface area contributed by atoms with E-state index < -0.39 is 0 Å². The zero-order valence-corrected chi connectivity index (χ0v) is 14.9. The standard InChI is InChI=1S/C20H24N4O/c1-20(2,3)17-13-18(24-23-17)22-19(25)21-16-12-8-7-11-15(16)14-9-5-4-6-10-14/h5,7-13H,4,6H2,1-3H3,(H3,21,22,23,24,25). The van der Waals surface area contributed by atoms with Crippen LogP contribution in [0.15, 0.2) is 48.6 Å². The van der Waals surface area contributed by atoms with Crippen LogP contribution in [-0.2, 0) is 5.41 Å². The molecule has 0 spiro atoms. The fourth-order valence-corrected chi connectivity index (χ4v) is 2.70. The van der Waals surface area contributed by atoms with Crippen LogP contribution in [0.5, 0.6) is 0 Å². The third-order valence-electron chi connectivity index (χ3n) is 4.11. The first kappa shape index (κ1) is 17.0. The predicted molar refractivity (Wildman–Crippen MR) is 103 cm³/mol. The van der Waals surface area contributed by atoms with E-state index in [2.05, 4.69) is 59.8 Å². The van der Waals surface area contributed by atoms with Crippen LogP contribution < -0.4 is 10.6 Å². The summed E-state index contributed by atoms with van der Waals surface area (Å²) in [6.07, 6.45) is 8.54. The lowest BCUT2D eigenvalue weighted by Gasteiger charge is -2.15. The summed E-state index contributed by atoms with van der Waals surface area (Å²) in [5, 5.41) is 12.8. The number of hydrogen-bond acceptors (Lipinski definition) is 2. The summed E-state index contributed by atoms with van der Waals surface area (Å²) in [4.78, 5) is 12.4. The van der Waals surface area contributed by atoms with Crippen molar-refractivity contribution in [3.8, 4) is 0 Å². The highest BCUT2D eigenvalue weighted by molar-refractivity contribution is 6.01. The second kappa shape index (κ2) is 6.97. The first-order valence-electron chi connectivity index (χ1n) is 8.53. The van der Waals surface area contributed by atoms with Crippen molar-refractivity contribution in [2.24, 2.45) is 0 Å². The van der Waals surface area contributed by atoms with Gasteiger partial charge in [-0.05, 0) is 24.5 Å². The summed E-state index contributed by atoms with van der Waals surface area (Å²) >= 11 is 0. The van der Waals surface area contributed by atoms with Gasteiger partial charge in [0.15, 0.2) is 5.82 Å². The van der Waals surface area contributed by atoms with E-state index in [1.54, 1.807) is 0 Å². The Bertz CT molecular complexity index is 824. The summed E-state index contributed by atoms with van der Waals surface area (Å²) in [6.45, 7) is 6.27. The number of anilines is 2. The van der Waals surface area contributed by atoms with Crippen molar-refractivity contribution >= 4 is 23.1 Å². The number of rotatable bonds is 3. The van der Waals surface area contributed by atoms with Gasteiger partial charge in [0.1, 0.15) is 0 Å². The highest BCUT2D eigenvalue weighted by Gasteiger charge is 2.17. The number of nitrogens with one attached hydrogen (secondary N) is 3. The Kier molecular flexibility index (Phi) is 4.74. The monoisotopic (exact) mass is 336 g/mol. The maximum absolute atomic E-state index is 12.4. The van der Waals surface area contributed by atoms with Gasteiger partial charge in [-0.1, -0.05) is 57.2 Å². The zero-order valence-electron chi connectivity index (χ0n) is 14.9. The Morgan fingerprint density at radius 1 is 1.16 bits per heavy atom. The van der Waals surface area contributed by atoms with Gasteiger partial charge in [0.05, 0.1) is 5.69 Å². The van der Waals surface area contributed by atoms with Crippen LogP contribution in [0, 0.1) is 0 Å². The lowest BCUT2D eigenvalue weighted by molar-refractivity contribution is 0.262. The lowest BCUT2D eigenvalue weighted by Crippen LogP contribution is -2.20. The molecule has 0 saturated heterocycles. The van der Waals surface area contributed by atoms with Crippen molar-refractivity contribution in [2.45, 2.75) is 39.0 Å². The largest absolute Gasteiger partial charge is 0.324 e. The van der Waals surface area contributed by atoms with Crippen LogP contribution in [0.4, 0.5) is 16.3 Å². The summed E-state index contributed by atoms with van der Waals surface area (Å²) in [7, 11) is 0. The summed E-state index contributed by atoms with van der Waals surface area (Å²) in [6, 6.07) is 9.37. The van der Waals surface area contributed by atoms with Crippen molar-refractivity contribution in [1.82, 2.24) is 10.2 Å². The molecule has 1 aromatic heterocycles. The number of aromatic nitrogens is 2. The average Bonchev–Trinajstić information content (AvgIpc) is 3.05. The summed E-state index contributed by atoms with van der Waals surface area (Å²) < 4.78 is 0. The smallest absolute Gasteiger partial charge is 0.307 e. The molecule has 1 aliphatic rings. The van der Waals surface area contributed by atoms with Gasteiger partial charge in [-0.2, -0.15) is 5.10 Å². The van der Waals surface area contributed by atoms with Crippen molar-refractivity contribution in [3.05, 3.63) is 59.8 Å². The molecule has 2 aromatic rings. The Balaban J connectivity index is 1.72. The predicted octanol–water partition coefficient (Wildman–Crippen LogP) is 5.08. The normalized spacial score (nSPS) is 14.1. The highest BCUT2D eigenvalue weighted by atomic mass is 16.2. The van der Waals surface area contributed by atoms with E-state index in [1.165, 1.54) is 0 Å². The minimum Gasteiger partial charge on any atom is -0.307 e. The van der Waals surface area contributed by atoms with Gasteiger partial charge < -0.3 is 5.32 Å². The molecular weight excluding hydrogens is 312 g/mol. The van der Waals surface area contributed by atoms with Gasteiger partial charge in [-0.25, -0.2) is 4.79 Å². The zero-order chi connectivity index (χ0) is 17.9. The number of aromatic amines is 1. The molecule has 25 heavy (non-hydrogen) atoms. The third kappa shape index (κ3) is 4.18. The molecule has 0 aliphatic heterocycles. The van der Waals surface area contributed by atoms with E-state index in [-0.39, 0.29) is 11.4 Å². The van der Waals surface area contributed by atoms with E-state index in [0.717, 1.165) is 35.4 Å². The van der Waals surface area contributed by atoms with E-state index >= 15 is 0 Å². The van der Waals surface area contributed by atoms with Gasteiger partial charge >= 0.3 is 6.03 Å². The number of nitrogens with zero attached hydrogens (tertiary/aromatic N) is 1. The number of amides is 2. The Morgan fingerprint density at radius 2 is 1.96 bits per heavy atom. The molecule has 1 aromatic carbocycles. The van der Waals surface area contributed by atoms with Gasteiger partial charge in [0.2, 0.25) is 0 Å². The molecule has 3 rings (SSSR count). The number of benzene rings is 1. The topological polar surface area (TPSA) is 69.8 Å². The fraction of sp³-hybridized carbons (Fsp3) is 0.300. The van der Waals surface area contributed by atoms with Crippen LogP contribution in [0.25, 0.3) is 5.57 Å². The molecule has 130 valence electrons. The van der Waals surface area contributed by atoms with Gasteiger partial charge in [-0.3, -0.25) is 10.4 Å². The van der Waals surface area contributed by atoms with E-state index in [9.17, 15) is 4.79 Å². The van der Waals surface area contributed by atoms with E-state index in [4.69, 9.17) is 0 Å². The molecule has 3 N–H and O–H groups in total. The van der Waals surface area contributed by atoms with Crippen LogP contribution in [0.3, 0.4) is 0 Å². The Labute approximate surface area is 148 Å². The first-order chi connectivity index (χ1) is 11.9. The molecule has 5 heteroatoms. The number of H-pyrrole nitrogens is 1. The van der Waals surface area contributed by atoms with Crippen molar-refractivity contribution in [2.75, 3.05) is 10.6 Å². The second-order valence-electron chi connectivity index (χ2n) is 7.18. The molecule has 2 amide bonds.